The lowest BCUT2D eigenvalue weighted by Crippen LogP contribution is -2.00. The van der Waals surface area contributed by atoms with Crippen molar-refractivity contribution in [1.29, 1.82) is 0 Å². The molecule has 0 heterocycles. The van der Waals surface area contributed by atoms with Gasteiger partial charge in [0.15, 0.2) is 0 Å². The lowest BCUT2D eigenvalue weighted by molar-refractivity contribution is -0.137. The predicted molar refractivity (Wildman–Crippen MR) is 112 cm³/mol. The van der Waals surface area contributed by atoms with Crippen LogP contribution in [-0.4, -0.2) is 11.1 Å². The molecular weight excluding hydrogens is 320 g/mol. The fourth-order valence-corrected chi connectivity index (χ4v) is 3.75. The average molecular weight is 361 g/mol. The van der Waals surface area contributed by atoms with Crippen molar-refractivity contribution in [2.24, 2.45) is 0 Å². The van der Waals surface area contributed by atoms with Crippen LogP contribution in [0.2, 0.25) is 0 Å². The quantitative estimate of drug-likeness (QED) is 0.289. The molecule has 0 aliphatic carbocycles. The Morgan fingerprint density at radius 2 is 1.27 bits per heavy atom. The second-order valence-corrected chi connectivity index (χ2v) is 7.72. The molecule has 0 spiro atoms. The molecule has 0 saturated carbocycles. The molecule has 0 saturated heterocycles. The number of rotatable bonds is 17. The third kappa shape index (κ3) is 12.1. The zero-order valence-corrected chi connectivity index (χ0v) is 16.9. The Balaban J connectivity index is 2.20. The van der Waals surface area contributed by atoms with Gasteiger partial charge in [0.05, 0.1) is 0 Å². The van der Waals surface area contributed by atoms with E-state index in [1.54, 1.807) is 0 Å². The molecule has 1 rings (SSSR count). The Hall–Kier alpha value is -1.31. The number of carbonyl (C=O) groups is 1. The van der Waals surface area contributed by atoms with Crippen LogP contribution in [0, 0.1) is 0 Å². The second kappa shape index (κ2) is 15.9. The van der Waals surface area contributed by atoms with Gasteiger partial charge in [-0.1, -0.05) is 108 Å². The molecule has 1 unspecified atom stereocenters. The van der Waals surface area contributed by atoms with Crippen molar-refractivity contribution in [1.82, 2.24) is 0 Å². The van der Waals surface area contributed by atoms with E-state index >= 15 is 0 Å². The van der Waals surface area contributed by atoms with Crippen molar-refractivity contribution in [3.8, 4) is 0 Å². The second-order valence-electron chi connectivity index (χ2n) is 7.72. The highest BCUT2D eigenvalue weighted by molar-refractivity contribution is 5.66. The topological polar surface area (TPSA) is 37.3 Å². The number of carboxylic acid groups (broad SMARTS) is 1. The molecule has 1 aromatic carbocycles. The Kier molecular flexibility index (Phi) is 13.9. The van der Waals surface area contributed by atoms with Crippen LogP contribution in [-0.2, 0) is 4.79 Å². The van der Waals surface area contributed by atoms with Gasteiger partial charge in [-0.3, -0.25) is 4.79 Å². The minimum absolute atomic E-state index is 0.314. The highest BCUT2D eigenvalue weighted by atomic mass is 16.4. The highest BCUT2D eigenvalue weighted by Gasteiger charge is 2.11. The summed E-state index contributed by atoms with van der Waals surface area (Å²) in [6.07, 6.45) is 18.2. The molecule has 0 aromatic heterocycles. The van der Waals surface area contributed by atoms with E-state index < -0.39 is 5.97 Å². The van der Waals surface area contributed by atoms with Crippen molar-refractivity contribution in [3.05, 3.63) is 35.9 Å². The van der Waals surface area contributed by atoms with Crippen LogP contribution in [0.4, 0.5) is 0 Å². The highest BCUT2D eigenvalue weighted by Crippen LogP contribution is 2.28. The van der Waals surface area contributed by atoms with E-state index in [0.717, 1.165) is 19.3 Å². The Morgan fingerprint density at radius 3 is 1.81 bits per heavy atom. The molecule has 1 atom stereocenters. The predicted octanol–water partition coefficient (Wildman–Crippen LogP) is 7.73. The third-order valence-electron chi connectivity index (χ3n) is 5.37. The molecule has 26 heavy (non-hydrogen) atoms. The number of carboxylic acids is 1. The molecule has 0 bridgehead atoms. The molecule has 1 N–H and O–H groups in total. The maximum atomic E-state index is 10.6. The normalized spacial score (nSPS) is 12.2. The average Bonchev–Trinajstić information content (AvgIpc) is 2.65. The summed E-state index contributed by atoms with van der Waals surface area (Å²) in [5, 5.41) is 8.75. The molecule has 0 radical (unpaired) electrons. The lowest BCUT2D eigenvalue weighted by Gasteiger charge is -2.17. The standard InChI is InChI=1S/C24H40O2/c1-2-3-4-5-6-7-8-9-12-17-22(23-18-13-10-14-19-23)20-15-11-16-21-24(25)26/h10,13-14,18-19,22H,2-9,11-12,15-17,20-21H2,1H3,(H,25,26). The van der Waals surface area contributed by atoms with Crippen LogP contribution < -0.4 is 0 Å². The smallest absolute Gasteiger partial charge is 0.303 e. The first-order valence-electron chi connectivity index (χ1n) is 11.0. The molecule has 0 aliphatic rings. The zero-order chi connectivity index (χ0) is 18.9. The van der Waals surface area contributed by atoms with Gasteiger partial charge in [0.25, 0.3) is 0 Å². The minimum atomic E-state index is -0.667. The van der Waals surface area contributed by atoms with Gasteiger partial charge in [0.2, 0.25) is 0 Å². The van der Waals surface area contributed by atoms with Crippen molar-refractivity contribution in [3.63, 3.8) is 0 Å². The van der Waals surface area contributed by atoms with E-state index in [-0.39, 0.29) is 0 Å². The summed E-state index contributed by atoms with van der Waals surface area (Å²) < 4.78 is 0. The summed E-state index contributed by atoms with van der Waals surface area (Å²) in [7, 11) is 0. The molecule has 2 nitrogen and oxygen atoms in total. The van der Waals surface area contributed by atoms with Crippen molar-refractivity contribution < 1.29 is 9.90 Å². The van der Waals surface area contributed by atoms with Gasteiger partial charge >= 0.3 is 5.97 Å². The fourth-order valence-electron chi connectivity index (χ4n) is 3.75. The summed E-state index contributed by atoms with van der Waals surface area (Å²) in [4.78, 5) is 10.6. The largest absolute Gasteiger partial charge is 0.481 e. The zero-order valence-electron chi connectivity index (χ0n) is 16.9. The van der Waals surface area contributed by atoms with Crippen molar-refractivity contribution in [2.75, 3.05) is 0 Å². The summed E-state index contributed by atoms with van der Waals surface area (Å²) in [6.45, 7) is 2.27. The molecule has 0 amide bonds. The van der Waals surface area contributed by atoms with Gasteiger partial charge < -0.3 is 5.11 Å². The number of unbranched alkanes of at least 4 members (excludes halogenated alkanes) is 10. The molecule has 0 aliphatic heterocycles. The van der Waals surface area contributed by atoms with E-state index in [1.807, 2.05) is 0 Å². The SMILES string of the molecule is CCCCCCCCCCCC(CCCCCC(=O)O)c1ccccc1. The van der Waals surface area contributed by atoms with Crippen LogP contribution in [0.5, 0.6) is 0 Å². The summed E-state index contributed by atoms with van der Waals surface area (Å²) >= 11 is 0. The van der Waals surface area contributed by atoms with E-state index in [2.05, 4.69) is 37.3 Å². The van der Waals surface area contributed by atoms with E-state index in [4.69, 9.17) is 5.11 Å². The molecular formula is C24H40O2. The van der Waals surface area contributed by atoms with E-state index in [0.29, 0.717) is 12.3 Å². The minimum Gasteiger partial charge on any atom is -0.481 e. The van der Waals surface area contributed by atoms with Gasteiger partial charge in [-0.05, 0) is 30.7 Å². The van der Waals surface area contributed by atoms with Crippen LogP contribution in [0.15, 0.2) is 30.3 Å². The fraction of sp³-hybridized carbons (Fsp3) is 0.708. The van der Waals surface area contributed by atoms with E-state index in [1.165, 1.54) is 76.2 Å². The first-order chi connectivity index (χ1) is 12.7. The van der Waals surface area contributed by atoms with Gasteiger partial charge in [-0.25, -0.2) is 0 Å². The Bertz CT molecular complexity index is 441. The van der Waals surface area contributed by atoms with Gasteiger partial charge in [0.1, 0.15) is 0 Å². The monoisotopic (exact) mass is 360 g/mol. The van der Waals surface area contributed by atoms with Crippen LogP contribution in [0.25, 0.3) is 0 Å². The Labute approximate surface area is 161 Å². The summed E-state index contributed by atoms with van der Waals surface area (Å²) in [6, 6.07) is 10.9. The number of hydrogen-bond donors (Lipinski definition) is 1. The third-order valence-corrected chi connectivity index (χ3v) is 5.37. The Morgan fingerprint density at radius 1 is 0.769 bits per heavy atom. The first-order valence-corrected chi connectivity index (χ1v) is 11.0. The van der Waals surface area contributed by atoms with Gasteiger partial charge in [-0.15, -0.1) is 0 Å². The van der Waals surface area contributed by atoms with Gasteiger partial charge in [-0.2, -0.15) is 0 Å². The molecule has 148 valence electrons. The van der Waals surface area contributed by atoms with Crippen molar-refractivity contribution >= 4 is 5.97 Å². The maximum Gasteiger partial charge on any atom is 0.303 e. The first kappa shape index (κ1) is 22.7. The van der Waals surface area contributed by atoms with Gasteiger partial charge in [0, 0.05) is 6.42 Å². The lowest BCUT2D eigenvalue weighted by atomic mass is 9.88. The summed E-state index contributed by atoms with van der Waals surface area (Å²) in [5.41, 5.74) is 1.46. The van der Waals surface area contributed by atoms with Crippen molar-refractivity contribution in [2.45, 2.75) is 109 Å². The maximum absolute atomic E-state index is 10.6. The molecule has 2 heteroatoms. The molecule has 0 fully saturated rings. The summed E-state index contributed by atoms with van der Waals surface area (Å²) in [5.74, 6) is -0.0233. The number of hydrogen-bond acceptors (Lipinski definition) is 1. The number of aliphatic carboxylic acids is 1. The number of benzene rings is 1. The van der Waals surface area contributed by atoms with E-state index in [9.17, 15) is 4.79 Å². The van der Waals surface area contributed by atoms with Crippen LogP contribution in [0.3, 0.4) is 0 Å². The van der Waals surface area contributed by atoms with Crippen LogP contribution >= 0.6 is 0 Å². The molecule has 1 aromatic rings. The van der Waals surface area contributed by atoms with Crippen LogP contribution in [0.1, 0.15) is 115 Å².